The molecule has 0 aliphatic rings. The average molecular weight is 359 g/mol. The van der Waals surface area contributed by atoms with E-state index in [1.54, 1.807) is 12.4 Å². The molecule has 20 heavy (non-hydrogen) atoms. The second-order valence-corrected chi connectivity index (χ2v) is 7.04. The van der Waals surface area contributed by atoms with Gasteiger partial charge in [0.05, 0.1) is 6.20 Å². The smallest absolute Gasteiger partial charge is 0.242 e. The van der Waals surface area contributed by atoms with Crippen LogP contribution >= 0.6 is 15.9 Å². The molecule has 0 aromatic carbocycles. The zero-order chi connectivity index (χ0) is 14.6. The van der Waals surface area contributed by atoms with Gasteiger partial charge in [0.15, 0.2) is 0 Å². The highest BCUT2D eigenvalue weighted by molar-refractivity contribution is 9.10. The Morgan fingerprint density at radius 1 is 1.35 bits per heavy atom. The summed E-state index contributed by atoms with van der Waals surface area (Å²) in [4.78, 5) is 4.01. The summed E-state index contributed by atoms with van der Waals surface area (Å²) >= 11 is 3.21. The summed E-state index contributed by atoms with van der Waals surface area (Å²) in [5, 5.41) is 6.79. The van der Waals surface area contributed by atoms with Crippen LogP contribution in [0, 0.1) is 6.92 Å². The third-order valence-corrected chi connectivity index (χ3v) is 4.70. The monoisotopic (exact) mass is 358 g/mol. The van der Waals surface area contributed by atoms with Crippen molar-refractivity contribution in [2.24, 2.45) is 0 Å². The van der Waals surface area contributed by atoms with Gasteiger partial charge in [-0.3, -0.25) is 10.1 Å². The fourth-order valence-corrected chi connectivity index (χ4v) is 3.31. The molecule has 0 fully saturated rings. The number of rotatable bonds is 6. The number of nitrogens with one attached hydrogen (secondary N) is 2. The Morgan fingerprint density at radius 2 is 2.15 bits per heavy atom. The highest BCUT2D eigenvalue weighted by atomic mass is 79.9. The first-order valence-electron chi connectivity index (χ1n) is 6.08. The summed E-state index contributed by atoms with van der Waals surface area (Å²) in [6, 6.07) is 1.52. The van der Waals surface area contributed by atoms with Crippen molar-refractivity contribution in [3.63, 3.8) is 0 Å². The lowest BCUT2D eigenvalue weighted by molar-refractivity contribution is 0.578. The van der Waals surface area contributed by atoms with E-state index >= 15 is 0 Å². The first-order chi connectivity index (χ1) is 9.49. The summed E-state index contributed by atoms with van der Waals surface area (Å²) in [5.74, 6) is 0. The van der Waals surface area contributed by atoms with Gasteiger partial charge in [0, 0.05) is 29.1 Å². The van der Waals surface area contributed by atoms with Gasteiger partial charge in [-0.2, -0.15) is 5.10 Å². The quantitative estimate of drug-likeness (QED) is 0.770. The van der Waals surface area contributed by atoms with Crippen molar-refractivity contribution in [3.05, 3.63) is 40.4 Å². The highest BCUT2D eigenvalue weighted by Crippen LogP contribution is 2.14. The van der Waals surface area contributed by atoms with E-state index in [0.29, 0.717) is 17.4 Å². The van der Waals surface area contributed by atoms with Gasteiger partial charge >= 0.3 is 0 Å². The van der Waals surface area contributed by atoms with Crippen LogP contribution in [0.1, 0.15) is 17.7 Å². The van der Waals surface area contributed by atoms with Crippen molar-refractivity contribution in [1.82, 2.24) is 19.9 Å². The number of H-pyrrole nitrogens is 1. The largest absolute Gasteiger partial charge is 0.283 e. The Hall–Kier alpha value is -1.25. The number of aromatic amines is 1. The van der Waals surface area contributed by atoms with Crippen LogP contribution in [-0.2, 0) is 16.4 Å². The Labute approximate surface area is 126 Å². The molecule has 0 atom stereocenters. The van der Waals surface area contributed by atoms with Crippen molar-refractivity contribution < 1.29 is 8.42 Å². The molecule has 2 aromatic heterocycles. The predicted molar refractivity (Wildman–Crippen MR) is 78.8 cm³/mol. The average Bonchev–Trinajstić information content (AvgIpc) is 2.80. The normalized spacial score (nSPS) is 11.7. The minimum absolute atomic E-state index is 0.159. The van der Waals surface area contributed by atoms with Gasteiger partial charge < -0.3 is 0 Å². The fraction of sp³-hybridized carbons (Fsp3) is 0.333. The van der Waals surface area contributed by atoms with Crippen LogP contribution in [-0.4, -0.2) is 30.1 Å². The second-order valence-electron chi connectivity index (χ2n) is 4.36. The molecule has 108 valence electrons. The Balaban J connectivity index is 1.89. The van der Waals surface area contributed by atoms with Gasteiger partial charge in [0.25, 0.3) is 0 Å². The zero-order valence-electron chi connectivity index (χ0n) is 10.9. The minimum Gasteiger partial charge on any atom is -0.283 e. The summed E-state index contributed by atoms with van der Waals surface area (Å²) < 4.78 is 27.2. The topological polar surface area (TPSA) is 87.7 Å². The van der Waals surface area contributed by atoms with Gasteiger partial charge in [-0.05, 0) is 47.3 Å². The third-order valence-electron chi connectivity index (χ3n) is 2.84. The zero-order valence-corrected chi connectivity index (χ0v) is 13.3. The van der Waals surface area contributed by atoms with Crippen LogP contribution in [0.5, 0.6) is 0 Å². The van der Waals surface area contributed by atoms with Crippen LogP contribution in [0.15, 0.2) is 34.0 Å². The van der Waals surface area contributed by atoms with Crippen LogP contribution in [0.3, 0.4) is 0 Å². The maximum atomic E-state index is 12.0. The maximum Gasteiger partial charge on any atom is 0.242 e. The minimum atomic E-state index is -3.50. The van der Waals surface area contributed by atoms with Gasteiger partial charge in [0.2, 0.25) is 10.0 Å². The molecular formula is C12H15BrN4O2S. The molecule has 2 heterocycles. The van der Waals surface area contributed by atoms with Crippen LogP contribution in [0.4, 0.5) is 0 Å². The molecule has 0 aliphatic heterocycles. The summed E-state index contributed by atoms with van der Waals surface area (Å²) in [7, 11) is -3.50. The Bertz CT molecular complexity index is 684. The van der Waals surface area contributed by atoms with E-state index in [4.69, 9.17) is 0 Å². The number of aromatic nitrogens is 3. The number of hydrogen-bond acceptors (Lipinski definition) is 4. The molecular weight excluding hydrogens is 344 g/mol. The summed E-state index contributed by atoms with van der Waals surface area (Å²) in [6.07, 6.45) is 6.12. The lowest BCUT2D eigenvalue weighted by Gasteiger charge is -2.06. The first kappa shape index (κ1) is 15.1. The van der Waals surface area contributed by atoms with E-state index < -0.39 is 10.0 Å². The van der Waals surface area contributed by atoms with Crippen LogP contribution in [0.2, 0.25) is 0 Å². The molecule has 0 saturated heterocycles. The Kier molecular flexibility index (Phi) is 4.90. The van der Waals surface area contributed by atoms with Crippen molar-refractivity contribution >= 4 is 26.0 Å². The third kappa shape index (κ3) is 3.87. The summed E-state index contributed by atoms with van der Waals surface area (Å²) in [6.45, 7) is 2.32. The summed E-state index contributed by atoms with van der Waals surface area (Å²) in [5.41, 5.74) is 2.12. The molecule has 2 aromatic rings. The molecule has 2 N–H and O–H groups in total. The second kappa shape index (κ2) is 6.47. The number of nitrogens with zero attached hydrogens (tertiary/aromatic N) is 2. The van der Waals surface area contributed by atoms with E-state index in [0.717, 1.165) is 17.7 Å². The number of halogens is 1. The molecule has 0 saturated carbocycles. The number of hydrogen-bond donors (Lipinski definition) is 2. The van der Waals surface area contributed by atoms with E-state index in [-0.39, 0.29) is 4.90 Å². The van der Waals surface area contributed by atoms with E-state index in [1.165, 1.54) is 12.3 Å². The van der Waals surface area contributed by atoms with Crippen molar-refractivity contribution in [2.45, 2.75) is 24.7 Å². The molecule has 6 nitrogen and oxygen atoms in total. The predicted octanol–water partition coefficient (Wildman–Crippen LogP) is 1.79. The van der Waals surface area contributed by atoms with Crippen LogP contribution in [0.25, 0.3) is 0 Å². The van der Waals surface area contributed by atoms with Crippen LogP contribution < -0.4 is 4.72 Å². The van der Waals surface area contributed by atoms with E-state index in [2.05, 4.69) is 35.8 Å². The molecule has 0 radical (unpaired) electrons. The number of sulfonamides is 1. The van der Waals surface area contributed by atoms with Gasteiger partial charge in [0.1, 0.15) is 4.90 Å². The maximum absolute atomic E-state index is 12.0. The lowest BCUT2D eigenvalue weighted by atomic mass is 10.1. The Morgan fingerprint density at radius 3 is 2.80 bits per heavy atom. The van der Waals surface area contributed by atoms with Gasteiger partial charge in [-0.1, -0.05) is 0 Å². The van der Waals surface area contributed by atoms with Crippen molar-refractivity contribution in [3.8, 4) is 0 Å². The standard InChI is InChI=1S/C12H15BrN4O2S/c1-9-10(6-15-17-9)3-2-4-16-20(18,19)12-5-11(13)7-14-8-12/h5-8,16H,2-4H2,1H3,(H,15,17). The van der Waals surface area contributed by atoms with Gasteiger partial charge in [-0.25, -0.2) is 13.1 Å². The first-order valence-corrected chi connectivity index (χ1v) is 8.36. The van der Waals surface area contributed by atoms with E-state index in [1.807, 2.05) is 6.92 Å². The molecule has 2 rings (SSSR count). The van der Waals surface area contributed by atoms with Crippen molar-refractivity contribution in [1.29, 1.82) is 0 Å². The molecule has 8 heteroatoms. The molecule has 0 bridgehead atoms. The highest BCUT2D eigenvalue weighted by Gasteiger charge is 2.14. The van der Waals surface area contributed by atoms with Gasteiger partial charge in [-0.15, -0.1) is 0 Å². The lowest BCUT2D eigenvalue weighted by Crippen LogP contribution is -2.25. The number of aryl methyl sites for hydroxylation is 2. The number of pyridine rings is 1. The molecule has 0 amide bonds. The molecule has 0 aliphatic carbocycles. The fourth-order valence-electron chi connectivity index (χ4n) is 1.74. The van der Waals surface area contributed by atoms with Crippen molar-refractivity contribution in [2.75, 3.05) is 6.54 Å². The van der Waals surface area contributed by atoms with E-state index in [9.17, 15) is 8.42 Å². The SMILES string of the molecule is Cc1[nH]ncc1CCCNS(=O)(=O)c1cncc(Br)c1. The molecule has 0 spiro atoms. The molecule has 0 unspecified atom stereocenters.